The lowest BCUT2D eigenvalue weighted by Gasteiger charge is -2.29. The highest BCUT2D eigenvalue weighted by Gasteiger charge is 2.38. The Morgan fingerprint density at radius 2 is 1.83 bits per heavy atom. The Labute approximate surface area is 138 Å². The van der Waals surface area contributed by atoms with Crippen LogP contribution in [0, 0.1) is 0 Å². The summed E-state index contributed by atoms with van der Waals surface area (Å²) in [5.74, 6) is -2.73. The number of esters is 2. The fourth-order valence-electron chi connectivity index (χ4n) is 2.13. The highest BCUT2D eigenvalue weighted by molar-refractivity contribution is 6.15. The molecule has 1 saturated heterocycles. The van der Waals surface area contributed by atoms with Crippen LogP contribution < -0.4 is 10.2 Å². The van der Waals surface area contributed by atoms with Crippen LogP contribution in [0.4, 0.5) is 11.7 Å². The number of ether oxygens (including phenoxy) is 2. The molecule has 1 aliphatic rings. The summed E-state index contributed by atoms with van der Waals surface area (Å²) in [6.07, 6.45) is 1.25. The lowest BCUT2D eigenvalue weighted by molar-refractivity contribution is -0.222. The maximum absolute atomic E-state index is 11.9. The summed E-state index contributed by atoms with van der Waals surface area (Å²) in [6, 6.07) is 5.73. The number of nitrogens with zero attached hydrogens (tertiary/aromatic N) is 2. The Bertz CT molecular complexity index is 829. The summed E-state index contributed by atoms with van der Waals surface area (Å²) in [4.78, 5) is 29.8. The van der Waals surface area contributed by atoms with Crippen LogP contribution in [0.3, 0.4) is 0 Å². The second-order valence-electron chi connectivity index (χ2n) is 5.95. The lowest BCUT2D eigenvalue weighted by atomic mass is 10.2. The van der Waals surface area contributed by atoms with Crippen molar-refractivity contribution in [1.29, 1.82) is 0 Å². The second kappa shape index (κ2) is 5.55. The number of fused-ring (bicyclic) bond motifs is 1. The fourth-order valence-corrected chi connectivity index (χ4v) is 2.13. The Kier molecular flexibility index (Phi) is 3.67. The average Bonchev–Trinajstić information content (AvgIpc) is 2.88. The number of carbonyl (C=O) groups excluding carboxylic acids is 2. The van der Waals surface area contributed by atoms with Crippen LogP contribution in [0.2, 0.25) is 0 Å². The highest BCUT2D eigenvalue weighted by Crippen LogP contribution is 2.25. The predicted molar refractivity (Wildman–Crippen MR) is 86.3 cm³/mol. The van der Waals surface area contributed by atoms with Gasteiger partial charge in [0.25, 0.3) is 11.8 Å². The molecule has 0 atom stereocenters. The normalized spacial score (nSPS) is 16.6. The monoisotopic (exact) mass is 331 g/mol. The molecule has 1 aromatic carbocycles. The number of hydrogen-bond acceptors (Lipinski definition) is 8. The van der Waals surface area contributed by atoms with E-state index in [2.05, 4.69) is 10.3 Å². The third kappa shape index (κ3) is 3.03. The number of aromatic nitrogens is 1. The van der Waals surface area contributed by atoms with Crippen LogP contribution in [0.25, 0.3) is 11.1 Å². The average molecular weight is 331 g/mol. The molecule has 3 rings (SSSR count). The van der Waals surface area contributed by atoms with Gasteiger partial charge in [-0.3, -0.25) is 0 Å². The molecule has 1 aromatic heterocycles. The van der Waals surface area contributed by atoms with Gasteiger partial charge < -0.3 is 24.1 Å². The van der Waals surface area contributed by atoms with Gasteiger partial charge >= 0.3 is 11.9 Å². The first-order valence-electron chi connectivity index (χ1n) is 7.26. The molecule has 0 bridgehead atoms. The van der Waals surface area contributed by atoms with E-state index in [0.717, 1.165) is 0 Å². The van der Waals surface area contributed by atoms with Crippen LogP contribution in [-0.4, -0.2) is 36.8 Å². The van der Waals surface area contributed by atoms with Crippen molar-refractivity contribution in [2.45, 2.75) is 19.6 Å². The number of anilines is 2. The van der Waals surface area contributed by atoms with Gasteiger partial charge in [0, 0.05) is 45.9 Å². The highest BCUT2D eigenvalue weighted by atomic mass is 16.7. The molecule has 1 fully saturated rings. The second-order valence-corrected chi connectivity index (χ2v) is 5.95. The lowest BCUT2D eigenvalue weighted by Crippen LogP contribution is -2.42. The minimum absolute atomic E-state index is 0.207. The van der Waals surface area contributed by atoms with Gasteiger partial charge in [-0.25, -0.2) is 9.59 Å². The van der Waals surface area contributed by atoms with Crippen LogP contribution in [0.15, 0.2) is 34.4 Å². The van der Waals surface area contributed by atoms with E-state index in [-0.39, 0.29) is 5.57 Å². The van der Waals surface area contributed by atoms with Gasteiger partial charge in [-0.1, -0.05) is 0 Å². The van der Waals surface area contributed by atoms with E-state index < -0.39 is 17.7 Å². The molecule has 0 saturated carbocycles. The number of rotatable bonds is 3. The maximum atomic E-state index is 11.9. The number of benzene rings is 1. The summed E-state index contributed by atoms with van der Waals surface area (Å²) in [7, 11) is 3.66. The number of hydrogen-bond donors (Lipinski definition) is 1. The zero-order chi connectivity index (χ0) is 17.5. The van der Waals surface area contributed by atoms with Crippen molar-refractivity contribution in [3.05, 3.63) is 30.0 Å². The summed E-state index contributed by atoms with van der Waals surface area (Å²) in [5.41, 5.74) is 1.70. The molecule has 1 aliphatic heterocycles. The first kappa shape index (κ1) is 15.9. The standard InChI is InChI=1S/C16H17N3O5/c1-16(2)23-13(20)10(14(21)24-16)8-17-9-5-6-11-12(7-9)22-15(18-11)19(3)4/h5-8,17H,1-4H3. The van der Waals surface area contributed by atoms with Crippen molar-refractivity contribution in [3.8, 4) is 0 Å². The van der Waals surface area contributed by atoms with Gasteiger partial charge in [0.15, 0.2) is 11.2 Å². The van der Waals surface area contributed by atoms with Gasteiger partial charge in [-0.2, -0.15) is 4.98 Å². The van der Waals surface area contributed by atoms with Crippen molar-refractivity contribution in [2.24, 2.45) is 0 Å². The van der Waals surface area contributed by atoms with Crippen molar-refractivity contribution in [3.63, 3.8) is 0 Å². The van der Waals surface area contributed by atoms with Crippen LogP contribution in [0.5, 0.6) is 0 Å². The summed E-state index contributed by atoms with van der Waals surface area (Å²) >= 11 is 0. The zero-order valence-corrected chi connectivity index (χ0v) is 13.7. The van der Waals surface area contributed by atoms with E-state index in [0.29, 0.717) is 22.8 Å². The molecule has 0 spiro atoms. The number of cyclic esters (lactones) is 2. The van der Waals surface area contributed by atoms with Gasteiger partial charge in [-0.05, 0) is 12.1 Å². The molecule has 0 unspecified atom stereocenters. The summed E-state index contributed by atoms with van der Waals surface area (Å²) < 4.78 is 15.6. The maximum Gasteiger partial charge on any atom is 0.350 e. The van der Waals surface area contributed by atoms with Crippen LogP contribution >= 0.6 is 0 Å². The van der Waals surface area contributed by atoms with Crippen molar-refractivity contribution in [1.82, 2.24) is 4.98 Å². The van der Waals surface area contributed by atoms with Gasteiger partial charge in [0.1, 0.15) is 5.52 Å². The van der Waals surface area contributed by atoms with Gasteiger partial charge in [0.05, 0.1) is 0 Å². The molecule has 8 heteroatoms. The van der Waals surface area contributed by atoms with E-state index in [4.69, 9.17) is 13.9 Å². The van der Waals surface area contributed by atoms with Gasteiger partial charge in [0.2, 0.25) is 0 Å². The Hall–Kier alpha value is -3.03. The molecule has 8 nitrogen and oxygen atoms in total. The predicted octanol–water partition coefficient (Wildman–Crippen LogP) is 2.03. The van der Waals surface area contributed by atoms with E-state index in [1.54, 1.807) is 23.1 Å². The minimum atomic E-state index is -1.26. The molecular formula is C16H17N3O5. The van der Waals surface area contributed by atoms with Gasteiger partial charge in [-0.15, -0.1) is 0 Å². The molecule has 24 heavy (non-hydrogen) atoms. The first-order chi connectivity index (χ1) is 11.2. The van der Waals surface area contributed by atoms with Crippen LogP contribution in [-0.2, 0) is 19.1 Å². The molecule has 1 N–H and O–H groups in total. The molecule has 2 heterocycles. The first-order valence-corrected chi connectivity index (χ1v) is 7.26. The number of carbonyl (C=O) groups is 2. The van der Waals surface area contributed by atoms with E-state index in [1.807, 2.05) is 14.1 Å². The zero-order valence-electron chi connectivity index (χ0n) is 13.7. The van der Waals surface area contributed by atoms with Crippen LogP contribution in [0.1, 0.15) is 13.8 Å². The number of oxazole rings is 1. The molecular weight excluding hydrogens is 314 g/mol. The molecule has 0 amide bonds. The van der Waals surface area contributed by atoms with Crippen molar-refractivity contribution < 1.29 is 23.5 Å². The Morgan fingerprint density at radius 1 is 1.17 bits per heavy atom. The molecule has 0 radical (unpaired) electrons. The Morgan fingerprint density at radius 3 is 2.46 bits per heavy atom. The SMILES string of the molecule is CN(C)c1nc2ccc(NC=C3C(=O)OC(C)(C)OC3=O)cc2o1. The fraction of sp³-hybridized carbons (Fsp3) is 0.312. The quantitative estimate of drug-likeness (QED) is 0.519. The third-order valence-electron chi connectivity index (χ3n) is 3.26. The molecule has 2 aromatic rings. The van der Waals surface area contributed by atoms with E-state index >= 15 is 0 Å². The summed E-state index contributed by atoms with van der Waals surface area (Å²) in [5, 5.41) is 2.87. The Balaban J connectivity index is 1.82. The number of nitrogens with one attached hydrogen (secondary N) is 1. The van der Waals surface area contributed by atoms with E-state index in [1.165, 1.54) is 20.0 Å². The third-order valence-corrected chi connectivity index (χ3v) is 3.26. The van der Waals surface area contributed by atoms with Crippen molar-refractivity contribution >= 4 is 34.7 Å². The smallest absolute Gasteiger partial charge is 0.350 e. The largest absolute Gasteiger partial charge is 0.423 e. The minimum Gasteiger partial charge on any atom is -0.423 e. The summed E-state index contributed by atoms with van der Waals surface area (Å²) in [6.45, 7) is 2.99. The molecule has 126 valence electrons. The topological polar surface area (TPSA) is 93.9 Å². The molecule has 0 aliphatic carbocycles. The van der Waals surface area contributed by atoms with E-state index in [9.17, 15) is 9.59 Å². The van der Waals surface area contributed by atoms with Crippen molar-refractivity contribution in [2.75, 3.05) is 24.3 Å².